The quantitative estimate of drug-likeness (QED) is 0.814. The average molecular weight is 365 g/mol. The predicted octanol–water partition coefficient (Wildman–Crippen LogP) is 2.96. The Labute approximate surface area is 148 Å². The van der Waals surface area contributed by atoms with Crippen LogP contribution in [0, 0.1) is 13.8 Å². The summed E-state index contributed by atoms with van der Waals surface area (Å²) < 4.78 is 31.3. The first-order valence-electron chi connectivity index (χ1n) is 8.08. The minimum absolute atomic E-state index is 0.196. The van der Waals surface area contributed by atoms with E-state index < -0.39 is 10.0 Å². The van der Waals surface area contributed by atoms with Crippen molar-refractivity contribution in [1.82, 2.24) is 9.46 Å². The topological polar surface area (TPSA) is 92.5 Å². The fourth-order valence-corrected chi connectivity index (χ4v) is 3.60. The number of amides is 1. The highest BCUT2D eigenvalue weighted by molar-refractivity contribution is 7.89. The molecule has 1 aromatic heterocycles. The highest BCUT2D eigenvalue weighted by Gasteiger charge is 2.21. The summed E-state index contributed by atoms with van der Waals surface area (Å²) in [5.74, 6) is 0.0960. The SMILES string of the molecule is CCCCN(C)S(=O)(=O)c1ccc(NC(=O)c2c(C)noc2C)cc1. The lowest BCUT2D eigenvalue weighted by atomic mass is 10.2. The standard InChI is InChI=1S/C17H23N3O4S/c1-5-6-11-20(4)25(22,23)15-9-7-14(8-10-15)18-17(21)16-12(2)19-24-13(16)3/h7-10H,5-6,11H2,1-4H3,(H,18,21). The molecule has 1 amide bonds. The summed E-state index contributed by atoms with van der Waals surface area (Å²) in [5, 5.41) is 6.47. The fraction of sp³-hybridized carbons (Fsp3) is 0.412. The Morgan fingerprint density at radius 2 is 1.88 bits per heavy atom. The van der Waals surface area contributed by atoms with Crippen molar-refractivity contribution in [3.8, 4) is 0 Å². The van der Waals surface area contributed by atoms with Gasteiger partial charge in [-0.2, -0.15) is 0 Å². The molecular formula is C17H23N3O4S. The predicted molar refractivity (Wildman–Crippen MR) is 95.1 cm³/mol. The van der Waals surface area contributed by atoms with E-state index in [1.807, 2.05) is 6.92 Å². The van der Waals surface area contributed by atoms with E-state index in [-0.39, 0.29) is 10.8 Å². The summed E-state index contributed by atoms with van der Waals surface area (Å²) in [4.78, 5) is 12.5. The molecule has 0 aliphatic carbocycles. The van der Waals surface area contributed by atoms with Crippen molar-refractivity contribution in [3.05, 3.63) is 41.3 Å². The number of unbranched alkanes of at least 4 members (excludes halogenated alkanes) is 1. The number of anilines is 1. The Morgan fingerprint density at radius 1 is 1.24 bits per heavy atom. The van der Waals surface area contributed by atoms with Gasteiger partial charge in [0.05, 0.1) is 10.6 Å². The molecule has 1 N–H and O–H groups in total. The van der Waals surface area contributed by atoms with E-state index in [2.05, 4.69) is 10.5 Å². The molecule has 0 bridgehead atoms. The molecule has 0 atom stereocenters. The van der Waals surface area contributed by atoms with Gasteiger partial charge in [0.1, 0.15) is 11.3 Å². The molecule has 2 aromatic rings. The summed E-state index contributed by atoms with van der Waals surface area (Å²) in [6.07, 6.45) is 1.73. The Hall–Kier alpha value is -2.19. The minimum atomic E-state index is -3.52. The molecule has 8 heteroatoms. The Bertz CT molecular complexity index is 822. The van der Waals surface area contributed by atoms with Gasteiger partial charge in [0.15, 0.2) is 0 Å². The van der Waals surface area contributed by atoms with Gasteiger partial charge in [0, 0.05) is 19.3 Å². The highest BCUT2D eigenvalue weighted by atomic mass is 32.2. The van der Waals surface area contributed by atoms with E-state index in [4.69, 9.17) is 4.52 Å². The van der Waals surface area contributed by atoms with Crippen molar-refractivity contribution in [3.63, 3.8) is 0 Å². The third-order valence-electron chi connectivity index (χ3n) is 3.91. The molecule has 0 fully saturated rings. The Morgan fingerprint density at radius 3 is 2.40 bits per heavy atom. The lowest BCUT2D eigenvalue weighted by molar-refractivity contribution is 0.102. The summed E-state index contributed by atoms with van der Waals surface area (Å²) in [7, 11) is -1.95. The molecule has 7 nitrogen and oxygen atoms in total. The number of aromatic nitrogens is 1. The maximum atomic E-state index is 12.5. The van der Waals surface area contributed by atoms with Crippen LogP contribution in [0.4, 0.5) is 5.69 Å². The monoisotopic (exact) mass is 365 g/mol. The normalized spacial score (nSPS) is 11.7. The van der Waals surface area contributed by atoms with Crippen LogP contribution in [0.3, 0.4) is 0 Å². The van der Waals surface area contributed by atoms with Crippen LogP contribution in [-0.2, 0) is 10.0 Å². The molecule has 0 aliphatic rings. The zero-order chi connectivity index (χ0) is 18.6. The molecule has 0 spiro atoms. The Balaban J connectivity index is 2.13. The van der Waals surface area contributed by atoms with E-state index in [9.17, 15) is 13.2 Å². The van der Waals surface area contributed by atoms with Gasteiger partial charge >= 0.3 is 0 Å². The van der Waals surface area contributed by atoms with Crippen molar-refractivity contribution in [2.24, 2.45) is 0 Å². The van der Waals surface area contributed by atoms with Gasteiger partial charge in [0.2, 0.25) is 10.0 Å². The second kappa shape index (κ2) is 7.79. The number of hydrogen-bond donors (Lipinski definition) is 1. The first kappa shape index (κ1) is 19.1. The van der Waals surface area contributed by atoms with Crippen molar-refractivity contribution >= 4 is 21.6 Å². The molecule has 0 unspecified atom stereocenters. The molecule has 136 valence electrons. The summed E-state index contributed by atoms with van der Waals surface area (Å²) in [5.41, 5.74) is 1.39. The number of aryl methyl sites for hydroxylation is 2. The van der Waals surface area contributed by atoms with Crippen LogP contribution in [0.25, 0.3) is 0 Å². The van der Waals surface area contributed by atoms with E-state index in [1.54, 1.807) is 33.0 Å². The lowest BCUT2D eigenvalue weighted by Gasteiger charge is -2.17. The van der Waals surface area contributed by atoms with Crippen LogP contribution in [0.1, 0.15) is 41.6 Å². The molecule has 0 saturated heterocycles. The number of carbonyl (C=O) groups excluding carboxylic acids is 1. The number of nitrogens with zero attached hydrogens (tertiary/aromatic N) is 2. The molecular weight excluding hydrogens is 342 g/mol. The average Bonchev–Trinajstić information content (AvgIpc) is 2.91. The van der Waals surface area contributed by atoms with E-state index in [0.29, 0.717) is 29.2 Å². The van der Waals surface area contributed by atoms with E-state index in [0.717, 1.165) is 12.8 Å². The smallest absolute Gasteiger partial charge is 0.261 e. The molecule has 2 rings (SSSR count). The van der Waals surface area contributed by atoms with Crippen molar-refractivity contribution in [1.29, 1.82) is 0 Å². The summed E-state index contributed by atoms with van der Waals surface area (Å²) in [6.45, 7) is 5.84. The number of sulfonamides is 1. The van der Waals surface area contributed by atoms with E-state index >= 15 is 0 Å². The maximum Gasteiger partial charge on any atom is 0.261 e. The van der Waals surface area contributed by atoms with Gasteiger partial charge in [-0.1, -0.05) is 18.5 Å². The molecule has 1 heterocycles. The lowest BCUT2D eigenvalue weighted by Crippen LogP contribution is -2.27. The number of benzene rings is 1. The van der Waals surface area contributed by atoms with Crippen molar-refractivity contribution < 1.29 is 17.7 Å². The molecule has 25 heavy (non-hydrogen) atoms. The van der Waals surface area contributed by atoms with Crippen LogP contribution >= 0.6 is 0 Å². The first-order valence-corrected chi connectivity index (χ1v) is 9.52. The van der Waals surface area contributed by atoms with Gasteiger partial charge < -0.3 is 9.84 Å². The zero-order valence-corrected chi connectivity index (χ0v) is 15.7. The van der Waals surface area contributed by atoms with Crippen LogP contribution in [0.15, 0.2) is 33.7 Å². The molecule has 1 aromatic carbocycles. The van der Waals surface area contributed by atoms with Crippen LogP contribution in [0.5, 0.6) is 0 Å². The third kappa shape index (κ3) is 4.26. The number of nitrogens with one attached hydrogen (secondary N) is 1. The number of hydrogen-bond acceptors (Lipinski definition) is 5. The maximum absolute atomic E-state index is 12.5. The third-order valence-corrected chi connectivity index (χ3v) is 5.78. The van der Waals surface area contributed by atoms with Crippen molar-refractivity contribution in [2.75, 3.05) is 18.9 Å². The minimum Gasteiger partial charge on any atom is -0.361 e. The second-order valence-electron chi connectivity index (χ2n) is 5.86. The summed E-state index contributed by atoms with van der Waals surface area (Å²) in [6, 6.07) is 6.11. The molecule has 0 saturated carbocycles. The largest absolute Gasteiger partial charge is 0.361 e. The zero-order valence-electron chi connectivity index (χ0n) is 14.9. The highest BCUT2D eigenvalue weighted by Crippen LogP contribution is 2.20. The summed E-state index contributed by atoms with van der Waals surface area (Å²) >= 11 is 0. The van der Waals surface area contributed by atoms with Crippen LogP contribution < -0.4 is 5.32 Å². The number of rotatable bonds is 7. The van der Waals surface area contributed by atoms with Gasteiger partial charge in [-0.05, 0) is 44.5 Å². The first-order chi connectivity index (χ1) is 11.8. The number of carbonyl (C=O) groups is 1. The van der Waals surface area contributed by atoms with E-state index in [1.165, 1.54) is 16.4 Å². The van der Waals surface area contributed by atoms with Gasteiger partial charge in [0.25, 0.3) is 5.91 Å². The van der Waals surface area contributed by atoms with Gasteiger partial charge in [-0.25, -0.2) is 12.7 Å². The Kier molecular flexibility index (Phi) is 5.97. The second-order valence-corrected chi connectivity index (χ2v) is 7.90. The van der Waals surface area contributed by atoms with Crippen molar-refractivity contribution in [2.45, 2.75) is 38.5 Å². The van der Waals surface area contributed by atoms with Crippen LogP contribution in [-0.4, -0.2) is 37.4 Å². The fourth-order valence-electron chi connectivity index (χ4n) is 2.39. The molecule has 0 radical (unpaired) electrons. The van der Waals surface area contributed by atoms with Crippen LogP contribution in [0.2, 0.25) is 0 Å². The van der Waals surface area contributed by atoms with Gasteiger partial charge in [-0.3, -0.25) is 4.79 Å². The van der Waals surface area contributed by atoms with Gasteiger partial charge in [-0.15, -0.1) is 0 Å². The molecule has 0 aliphatic heterocycles.